The van der Waals surface area contributed by atoms with Gasteiger partial charge in [-0.3, -0.25) is 29.8 Å². The number of nitro groups is 2. The van der Waals surface area contributed by atoms with E-state index in [0.29, 0.717) is 0 Å². The average Bonchev–Trinajstić information content (AvgIpc) is 2.78. The number of fused-ring (bicyclic) bond motifs is 1. The minimum absolute atomic E-state index is 0.0205. The Morgan fingerprint density at radius 3 is 2.04 bits per heavy atom. The van der Waals surface area contributed by atoms with E-state index in [1.807, 2.05) is 0 Å². The van der Waals surface area contributed by atoms with Crippen molar-refractivity contribution in [1.82, 2.24) is 0 Å². The van der Waals surface area contributed by atoms with Crippen LogP contribution < -0.4 is 4.90 Å². The second-order valence-corrected chi connectivity index (χ2v) is 4.71. The summed E-state index contributed by atoms with van der Waals surface area (Å²) in [5.41, 5.74) is -0.633. The van der Waals surface area contributed by atoms with Crippen LogP contribution in [0.2, 0.25) is 0 Å². The van der Waals surface area contributed by atoms with E-state index in [1.165, 1.54) is 24.3 Å². The molecule has 9 nitrogen and oxygen atoms in total. The molecule has 0 saturated heterocycles. The standard InChI is InChI=1S/C14H7N3O6/c18-13-11-5-4-10(17(22)23)7-12(11)14(19)15(13)8-2-1-3-9(6-8)16(20)21/h1-7H. The number of anilines is 1. The summed E-state index contributed by atoms with van der Waals surface area (Å²) in [5, 5.41) is 21.6. The number of imide groups is 1. The second-order valence-electron chi connectivity index (χ2n) is 4.71. The Hall–Kier alpha value is -3.62. The highest BCUT2D eigenvalue weighted by atomic mass is 16.6. The van der Waals surface area contributed by atoms with Gasteiger partial charge in [0.1, 0.15) is 0 Å². The first kappa shape index (κ1) is 14.3. The molecule has 2 aromatic rings. The fraction of sp³-hybridized carbons (Fsp3) is 0. The first-order valence-corrected chi connectivity index (χ1v) is 6.32. The quantitative estimate of drug-likeness (QED) is 0.486. The Balaban J connectivity index is 2.08. The van der Waals surface area contributed by atoms with Crippen LogP contribution in [0.25, 0.3) is 0 Å². The van der Waals surface area contributed by atoms with Crippen molar-refractivity contribution in [3.63, 3.8) is 0 Å². The van der Waals surface area contributed by atoms with Gasteiger partial charge in [-0.2, -0.15) is 0 Å². The van der Waals surface area contributed by atoms with Crippen molar-refractivity contribution in [2.45, 2.75) is 0 Å². The topological polar surface area (TPSA) is 124 Å². The van der Waals surface area contributed by atoms with Gasteiger partial charge in [-0.15, -0.1) is 0 Å². The molecule has 0 spiro atoms. The van der Waals surface area contributed by atoms with E-state index < -0.39 is 21.7 Å². The number of nitro benzene ring substituents is 2. The van der Waals surface area contributed by atoms with E-state index in [0.717, 1.165) is 23.1 Å². The molecule has 9 heteroatoms. The molecule has 3 rings (SSSR count). The highest BCUT2D eigenvalue weighted by molar-refractivity contribution is 6.34. The highest BCUT2D eigenvalue weighted by Crippen LogP contribution is 2.32. The zero-order valence-electron chi connectivity index (χ0n) is 11.3. The van der Waals surface area contributed by atoms with Gasteiger partial charge in [-0.05, 0) is 12.1 Å². The van der Waals surface area contributed by atoms with Crippen molar-refractivity contribution in [3.8, 4) is 0 Å². The molecular formula is C14H7N3O6. The summed E-state index contributed by atoms with van der Waals surface area (Å²) in [6, 6.07) is 8.39. The van der Waals surface area contributed by atoms with E-state index in [1.54, 1.807) is 0 Å². The highest BCUT2D eigenvalue weighted by Gasteiger charge is 2.38. The van der Waals surface area contributed by atoms with E-state index in [4.69, 9.17) is 0 Å². The number of amides is 2. The number of carbonyl (C=O) groups is 2. The van der Waals surface area contributed by atoms with Crippen molar-refractivity contribution in [2.75, 3.05) is 4.90 Å². The van der Waals surface area contributed by atoms with Gasteiger partial charge in [0.05, 0.1) is 26.7 Å². The SMILES string of the molecule is O=C1c2ccc([N+](=O)[O-])cc2C(=O)N1c1cccc([N+](=O)[O-])c1. The van der Waals surface area contributed by atoms with E-state index in [2.05, 4.69) is 0 Å². The van der Waals surface area contributed by atoms with Gasteiger partial charge in [0.25, 0.3) is 23.2 Å². The van der Waals surface area contributed by atoms with Crippen LogP contribution in [0.15, 0.2) is 42.5 Å². The molecule has 1 aliphatic heterocycles. The number of nitrogens with zero attached hydrogens (tertiary/aromatic N) is 3. The monoisotopic (exact) mass is 313 g/mol. The fourth-order valence-corrected chi connectivity index (χ4v) is 2.32. The largest absolute Gasteiger partial charge is 0.271 e. The zero-order chi connectivity index (χ0) is 16.7. The number of non-ortho nitro benzene ring substituents is 2. The lowest BCUT2D eigenvalue weighted by molar-refractivity contribution is -0.385. The average molecular weight is 313 g/mol. The maximum Gasteiger partial charge on any atom is 0.271 e. The minimum atomic E-state index is -0.755. The summed E-state index contributed by atoms with van der Waals surface area (Å²) in [6.07, 6.45) is 0. The lowest BCUT2D eigenvalue weighted by Gasteiger charge is -2.13. The lowest BCUT2D eigenvalue weighted by Crippen LogP contribution is -2.29. The lowest BCUT2D eigenvalue weighted by atomic mass is 10.1. The third-order valence-corrected chi connectivity index (χ3v) is 3.38. The Bertz CT molecular complexity index is 892. The number of hydrogen-bond acceptors (Lipinski definition) is 6. The molecule has 0 saturated carbocycles. The van der Waals surface area contributed by atoms with E-state index in [9.17, 15) is 29.8 Å². The summed E-state index contributed by atoms with van der Waals surface area (Å²) < 4.78 is 0. The van der Waals surface area contributed by atoms with Crippen LogP contribution in [-0.4, -0.2) is 21.7 Å². The maximum atomic E-state index is 12.4. The third-order valence-electron chi connectivity index (χ3n) is 3.38. The first-order valence-electron chi connectivity index (χ1n) is 6.32. The third kappa shape index (κ3) is 2.20. The molecular weight excluding hydrogens is 306 g/mol. The van der Waals surface area contributed by atoms with Crippen molar-refractivity contribution < 1.29 is 19.4 Å². The summed E-state index contributed by atoms with van der Waals surface area (Å²) in [7, 11) is 0. The van der Waals surface area contributed by atoms with Crippen LogP contribution in [-0.2, 0) is 0 Å². The molecule has 114 valence electrons. The predicted octanol–water partition coefficient (Wildman–Crippen LogP) is 2.30. The second kappa shape index (κ2) is 4.98. The molecule has 0 radical (unpaired) electrons. The Morgan fingerprint density at radius 1 is 0.783 bits per heavy atom. The minimum Gasteiger partial charge on any atom is -0.268 e. The van der Waals surface area contributed by atoms with Gasteiger partial charge >= 0.3 is 0 Å². The predicted molar refractivity (Wildman–Crippen MR) is 77.3 cm³/mol. The first-order chi connectivity index (χ1) is 10.9. The van der Waals surface area contributed by atoms with Crippen LogP contribution in [0.4, 0.5) is 17.1 Å². The van der Waals surface area contributed by atoms with Crippen LogP contribution >= 0.6 is 0 Å². The molecule has 2 aromatic carbocycles. The number of hydrogen-bond donors (Lipinski definition) is 0. The normalized spacial score (nSPS) is 13.1. The number of carbonyl (C=O) groups excluding carboxylic acids is 2. The van der Waals surface area contributed by atoms with Crippen LogP contribution in [0.5, 0.6) is 0 Å². The molecule has 0 aromatic heterocycles. The van der Waals surface area contributed by atoms with E-state index in [-0.39, 0.29) is 28.2 Å². The van der Waals surface area contributed by atoms with Gasteiger partial charge < -0.3 is 0 Å². The summed E-state index contributed by atoms with van der Waals surface area (Å²) in [5.74, 6) is -1.44. The molecule has 0 N–H and O–H groups in total. The van der Waals surface area contributed by atoms with Gasteiger partial charge in [-0.25, -0.2) is 4.90 Å². The smallest absolute Gasteiger partial charge is 0.268 e. The van der Waals surface area contributed by atoms with Gasteiger partial charge in [0.15, 0.2) is 0 Å². The Morgan fingerprint density at radius 2 is 1.39 bits per heavy atom. The molecule has 0 unspecified atom stereocenters. The molecule has 23 heavy (non-hydrogen) atoms. The van der Waals surface area contributed by atoms with Crippen molar-refractivity contribution in [1.29, 1.82) is 0 Å². The molecule has 0 bridgehead atoms. The molecule has 0 atom stereocenters. The molecule has 0 aliphatic carbocycles. The van der Waals surface area contributed by atoms with Crippen molar-refractivity contribution in [2.24, 2.45) is 0 Å². The Labute approximate surface area is 128 Å². The molecule has 2 amide bonds. The van der Waals surface area contributed by atoms with Crippen LogP contribution in [0.3, 0.4) is 0 Å². The van der Waals surface area contributed by atoms with Gasteiger partial charge in [0, 0.05) is 24.3 Å². The summed E-state index contributed by atoms with van der Waals surface area (Å²) >= 11 is 0. The Kier molecular flexibility index (Phi) is 3.10. The molecule has 0 fully saturated rings. The van der Waals surface area contributed by atoms with Gasteiger partial charge in [0.2, 0.25) is 0 Å². The van der Waals surface area contributed by atoms with Crippen molar-refractivity contribution >= 4 is 28.9 Å². The summed E-state index contributed by atoms with van der Waals surface area (Å²) in [6.45, 7) is 0. The molecule has 1 aliphatic rings. The van der Waals surface area contributed by atoms with Crippen molar-refractivity contribution in [3.05, 3.63) is 73.8 Å². The zero-order valence-corrected chi connectivity index (χ0v) is 11.3. The van der Waals surface area contributed by atoms with Crippen LogP contribution in [0.1, 0.15) is 20.7 Å². The van der Waals surface area contributed by atoms with Gasteiger partial charge in [-0.1, -0.05) is 6.07 Å². The fourth-order valence-electron chi connectivity index (χ4n) is 2.32. The number of benzene rings is 2. The summed E-state index contributed by atoms with van der Waals surface area (Å²) in [4.78, 5) is 45.7. The number of rotatable bonds is 3. The maximum absolute atomic E-state index is 12.4. The van der Waals surface area contributed by atoms with Crippen LogP contribution in [0, 0.1) is 20.2 Å². The van der Waals surface area contributed by atoms with E-state index >= 15 is 0 Å². The molecule has 1 heterocycles.